The van der Waals surface area contributed by atoms with Crippen LogP contribution in [0.1, 0.15) is 24.3 Å². The Kier molecular flexibility index (Phi) is 4.98. The lowest BCUT2D eigenvalue weighted by Crippen LogP contribution is -2.37. The van der Waals surface area contributed by atoms with Crippen LogP contribution in [0.2, 0.25) is 0 Å². The van der Waals surface area contributed by atoms with Crippen molar-refractivity contribution in [3.05, 3.63) is 60.1 Å². The molecule has 0 aliphatic heterocycles. The minimum atomic E-state index is 0.0757. The molecule has 0 bridgehead atoms. The largest absolute Gasteiger partial charge is 0.467 e. The van der Waals surface area contributed by atoms with Crippen LogP contribution >= 0.6 is 12.2 Å². The van der Waals surface area contributed by atoms with Crippen molar-refractivity contribution in [3.8, 4) is 0 Å². The molecule has 0 unspecified atom stereocenters. The van der Waals surface area contributed by atoms with Crippen LogP contribution in [-0.4, -0.2) is 11.7 Å². The maximum Gasteiger partial charge on any atom is 0.166 e. The molecule has 1 aromatic carbocycles. The summed E-state index contributed by atoms with van der Waals surface area (Å²) in [4.78, 5) is 0. The zero-order valence-electron chi connectivity index (χ0n) is 10.9. The number of rotatable bonds is 5. The van der Waals surface area contributed by atoms with Crippen molar-refractivity contribution < 1.29 is 4.42 Å². The highest BCUT2D eigenvalue weighted by Gasteiger charge is 2.08. The minimum Gasteiger partial charge on any atom is -0.467 e. The van der Waals surface area contributed by atoms with E-state index in [0.29, 0.717) is 5.11 Å². The van der Waals surface area contributed by atoms with Crippen molar-refractivity contribution in [1.82, 2.24) is 10.6 Å². The maximum absolute atomic E-state index is 5.32. The van der Waals surface area contributed by atoms with Crippen LogP contribution in [0.15, 0.2) is 53.1 Å². The van der Waals surface area contributed by atoms with Crippen molar-refractivity contribution in [2.45, 2.75) is 19.4 Å². The van der Waals surface area contributed by atoms with Gasteiger partial charge in [-0.05, 0) is 43.3 Å². The fraction of sp³-hybridized carbons (Fsp3) is 0.267. The van der Waals surface area contributed by atoms with E-state index in [0.717, 1.165) is 18.7 Å². The Balaban J connectivity index is 1.70. The minimum absolute atomic E-state index is 0.0757. The zero-order chi connectivity index (χ0) is 13.5. The first-order valence-corrected chi connectivity index (χ1v) is 6.78. The average molecular weight is 274 g/mol. The third-order valence-corrected chi connectivity index (χ3v) is 3.12. The Morgan fingerprint density at radius 2 is 2.00 bits per heavy atom. The van der Waals surface area contributed by atoms with Crippen LogP contribution in [0.25, 0.3) is 0 Å². The van der Waals surface area contributed by atoms with E-state index in [1.54, 1.807) is 6.26 Å². The molecule has 0 saturated carbocycles. The second-order valence-electron chi connectivity index (χ2n) is 4.37. The van der Waals surface area contributed by atoms with Gasteiger partial charge in [0.2, 0.25) is 0 Å². The highest BCUT2D eigenvalue weighted by atomic mass is 32.1. The van der Waals surface area contributed by atoms with Gasteiger partial charge in [-0.2, -0.15) is 0 Å². The summed E-state index contributed by atoms with van der Waals surface area (Å²) in [5.41, 5.74) is 1.30. The maximum atomic E-state index is 5.32. The van der Waals surface area contributed by atoms with E-state index in [9.17, 15) is 0 Å². The predicted molar refractivity (Wildman–Crippen MR) is 81.0 cm³/mol. The van der Waals surface area contributed by atoms with Crippen LogP contribution < -0.4 is 10.6 Å². The molecule has 2 rings (SSSR count). The van der Waals surface area contributed by atoms with E-state index in [-0.39, 0.29) is 6.04 Å². The third kappa shape index (κ3) is 4.41. The molecule has 19 heavy (non-hydrogen) atoms. The molecule has 2 N–H and O–H groups in total. The molecule has 0 saturated heterocycles. The van der Waals surface area contributed by atoms with Crippen LogP contribution in [0, 0.1) is 0 Å². The molecular weight excluding hydrogens is 256 g/mol. The molecule has 0 fully saturated rings. The summed E-state index contributed by atoms with van der Waals surface area (Å²) >= 11 is 5.26. The molecule has 0 spiro atoms. The van der Waals surface area contributed by atoms with Gasteiger partial charge in [0.1, 0.15) is 5.76 Å². The number of thiocarbonyl (C=S) groups is 1. The van der Waals surface area contributed by atoms with E-state index < -0.39 is 0 Å². The Morgan fingerprint density at radius 1 is 1.21 bits per heavy atom. The Morgan fingerprint density at radius 3 is 2.68 bits per heavy atom. The van der Waals surface area contributed by atoms with Gasteiger partial charge in [-0.25, -0.2) is 0 Å². The second kappa shape index (κ2) is 6.95. The average Bonchev–Trinajstić information content (AvgIpc) is 2.94. The smallest absolute Gasteiger partial charge is 0.166 e. The first-order chi connectivity index (χ1) is 9.25. The van der Waals surface area contributed by atoms with Crippen molar-refractivity contribution in [1.29, 1.82) is 0 Å². The summed E-state index contributed by atoms with van der Waals surface area (Å²) in [5, 5.41) is 7.05. The Labute approximate surface area is 119 Å². The molecule has 0 aliphatic carbocycles. The fourth-order valence-electron chi connectivity index (χ4n) is 1.82. The van der Waals surface area contributed by atoms with E-state index >= 15 is 0 Å². The summed E-state index contributed by atoms with van der Waals surface area (Å²) in [5.74, 6) is 0.882. The van der Waals surface area contributed by atoms with Crippen LogP contribution in [0.3, 0.4) is 0 Å². The number of hydrogen-bond acceptors (Lipinski definition) is 2. The van der Waals surface area contributed by atoms with Gasteiger partial charge in [0.25, 0.3) is 0 Å². The van der Waals surface area contributed by atoms with Gasteiger partial charge in [-0.1, -0.05) is 30.3 Å². The van der Waals surface area contributed by atoms with Crippen LogP contribution in [-0.2, 0) is 6.42 Å². The lowest BCUT2D eigenvalue weighted by molar-refractivity contribution is 0.462. The lowest BCUT2D eigenvalue weighted by Gasteiger charge is -2.15. The van der Waals surface area contributed by atoms with E-state index in [1.807, 2.05) is 37.3 Å². The Bertz CT molecular complexity index is 496. The topological polar surface area (TPSA) is 37.2 Å². The van der Waals surface area contributed by atoms with Crippen molar-refractivity contribution in [2.75, 3.05) is 6.54 Å². The molecule has 1 atom stereocenters. The standard InChI is InChI=1S/C15H18N2OS/c1-12(14-8-5-11-18-14)17-15(19)16-10-9-13-6-3-2-4-7-13/h2-8,11-12H,9-10H2,1H3,(H2,16,17,19)/t12-/m1/s1. The van der Waals surface area contributed by atoms with Gasteiger partial charge in [-0.15, -0.1) is 0 Å². The number of benzene rings is 1. The molecule has 1 heterocycles. The molecule has 2 aromatic rings. The highest BCUT2D eigenvalue weighted by Crippen LogP contribution is 2.11. The second-order valence-corrected chi connectivity index (χ2v) is 4.78. The molecular formula is C15H18N2OS. The van der Waals surface area contributed by atoms with Gasteiger partial charge in [0.05, 0.1) is 12.3 Å². The summed E-state index contributed by atoms with van der Waals surface area (Å²) in [7, 11) is 0. The highest BCUT2D eigenvalue weighted by molar-refractivity contribution is 7.80. The van der Waals surface area contributed by atoms with E-state index in [1.165, 1.54) is 5.56 Å². The number of nitrogens with one attached hydrogen (secondary N) is 2. The Hall–Kier alpha value is -1.81. The van der Waals surface area contributed by atoms with Gasteiger partial charge in [0, 0.05) is 6.54 Å². The van der Waals surface area contributed by atoms with E-state index in [4.69, 9.17) is 16.6 Å². The molecule has 0 aliphatic rings. The molecule has 0 radical (unpaired) electrons. The summed E-state index contributed by atoms with van der Waals surface area (Å²) < 4.78 is 5.32. The van der Waals surface area contributed by atoms with Gasteiger partial charge < -0.3 is 15.1 Å². The molecule has 3 nitrogen and oxygen atoms in total. The van der Waals surface area contributed by atoms with Crippen LogP contribution in [0.4, 0.5) is 0 Å². The summed E-state index contributed by atoms with van der Waals surface area (Å²) in [6.07, 6.45) is 2.62. The number of hydrogen-bond donors (Lipinski definition) is 2. The van der Waals surface area contributed by atoms with E-state index in [2.05, 4.69) is 22.8 Å². The summed E-state index contributed by atoms with van der Waals surface area (Å²) in [6, 6.07) is 14.2. The SMILES string of the molecule is C[C@@H](NC(=S)NCCc1ccccc1)c1ccco1. The summed E-state index contributed by atoms with van der Waals surface area (Å²) in [6.45, 7) is 2.84. The third-order valence-electron chi connectivity index (χ3n) is 2.86. The molecule has 100 valence electrons. The van der Waals surface area contributed by atoms with Crippen molar-refractivity contribution >= 4 is 17.3 Å². The van der Waals surface area contributed by atoms with Crippen molar-refractivity contribution in [3.63, 3.8) is 0 Å². The lowest BCUT2D eigenvalue weighted by atomic mass is 10.1. The molecule has 4 heteroatoms. The molecule has 0 amide bonds. The first-order valence-electron chi connectivity index (χ1n) is 6.37. The predicted octanol–water partition coefficient (Wildman–Crippen LogP) is 3.05. The zero-order valence-corrected chi connectivity index (χ0v) is 11.7. The fourth-order valence-corrected chi connectivity index (χ4v) is 2.10. The van der Waals surface area contributed by atoms with Gasteiger partial charge in [-0.3, -0.25) is 0 Å². The van der Waals surface area contributed by atoms with Crippen LogP contribution in [0.5, 0.6) is 0 Å². The monoisotopic (exact) mass is 274 g/mol. The van der Waals surface area contributed by atoms with Crippen molar-refractivity contribution in [2.24, 2.45) is 0 Å². The van der Waals surface area contributed by atoms with Gasteiger partial charge >= 0.3 is 0 Å². The van der Waals surface area contributed by atoms with Gasteiger partial charge in [0.15, 0.2) is 5.11 Å². The normalized spacial score (nSPS) is 11.8. The first kappa shape index (κ1) is 13.6. The quantitative estimate of drug-likeness (QED) is 0.822. The number of furan rings is 1. The molecule has 1 aromatic heterocycles.